The Balaban J connectivity index is 2.45. The molecule has 5 heteroatoms. The molecular weight excluding hydrogens is 228 g/mol. The van der Waals surface area contributed by atoms with E-state index in [1.807, 2.05) is 31.1 Å². The number of unbranched alkanes of at least 4 members (excludes halogenated alkanes) is 1. The minimum Gasteiger partial charge on any atom is -0.362 e. The van der Waals surface area contributed by atoms with Gasteiger partial charge in [0.1, 0.15) is 5.82 Å². The molecule has 0 saturated carbocycles. The Bertz CT molecular complexity index is 379. The van der Waals surface area contributed by atoms with Crippen LogP contribution in [0.25, 0.3) is 0 Å². The van der Waals surface area contributed by atoms with Crippen LogP contribution in [0.3, 0.4) is 0 Å². The number of amides is 2. The molecule has 0 saturated heterocycles. The van der Waals surface area contributed by atoms with E-state index in [0.29, 0.717) is 6.54 Å². The predicted octanol–water partition coefficient (Wildman–Crippen LogP) is 1.75. The van der Waals surface area contributed by atoms with Crippen LogP contribution in [0, 0.1) is 0 Å². The van der Waals surface area contributed by atoms with Gasteiger partial charge < -0.3 is 15.5 Å². The summed E-state index contributed by atoms with van der Waals surface area (Å²) in [5.74, 6) is 0.881. The van der Waals surface area contributed by atoms with Crippen LogP contribution in [0.15, 0.2) is 18.3 Å². The van der Waals surface area contributed by atoms with Crippen molar-refractivity contribution in [1.29, 1.82) is 0 Å². The fraction of sp³-hybridized carbons (Fsp3) is 0.538. The van der Waals surface area contributed by atoms with Crippen molar-refractivity contribution < 1.29 is 4.79 Å². The number of carbonyl (C=O) groups excluding carboxylic acids is 1. The molecule has 0 aliphatic heterocycles. The van der Waals surface area contributed by atoms with Crippen LogP contribution in [-0.4, -0.2) is 31.7 Å². The molecule has 1 aromatic heterocycles. The van der Waals surface area contributed by atoms with Gasteiger partial charge in [-0.25, -0.2) is 9.78 Å². The number of nitrogens with one attached hydrogen (secondary N) is 2. The van der Waals surface area contributed by atoms with E-state index < -0.39 is 0 Å². The molecule has 0 bridgehead atoms. The van der Waals surface area contributed by atoms with E-state index in [1.54, 1.807) is 6.20 Å². The summed E-state index contributed by atoms with van der Waals surface area (Å²) in [6, 6.07) is 3.71. The van der Waals surface area contributed by atoms with E-state index >= 15 is 0 Å². The molecule has 2 N–H and O–H groups in total. The highest BCUT2D eigenvalue weighted by atomic mass is 16.2. The third-order valence-corrected chi connectivity index (χ3v) is 2.55. The van der Waals surface area contributed by atoms with E-state index in [-0.39, 0.29) is 6.03 Å². The Morgan fingerprint density at radius 2 is 2.17 bits per heavy atom. The first kappa shape index (κ1) is 14.3. The third-order valence-electron chi connectivity index (χ3n) is 2.55. The molecule has 0 atom stereocenters. The lowest BCUT2D eigenvalue weighted by Gasteiger charge is -2.16. The number of hydrogen-bond acceptors (Lipinski definition) is 3. The van der Waals surface area contributed by atoms with Crippen LogP contribution in [0.5, 0.6) is 0 Å². The molecule has 0 fully saturated rings. The summed E-state index contributed by atoms with van der Waals surface area (Å²) in [4.78, 5) is 17.7. The van der Waals surface area contributed by atoms with Crippen molar-refractivity contribution in [2.24, 2.45) is 0 Å². The Morgan fingerprint density at radius 1 is 1.39 bits per heavy atom. The topological polar surface area (TPSA) is 57.3 Å². The first-order valence-electron chi connectivity index (χ1n) is 6.28. The number of aromatic nitrogens is 1. The molecule has 0 aromatic carbocycles. The molecule has 0 radical (unpaired) electrons. The van der Waals surface area contributed by atoms with Gasteiger partial charge in [0.05, 0.1) is 0 Å². The van der Waals surface area contributed by atoms with Crippen LogP contribution in [0.2, 0.25) is 0 Å². The van der Waals surface area contributed by atoms with Gasteiger partial charge in [0, 0.05) is 38.9 Å². The van der Waals surface area contributed by atoms with E-state index in [0.717, 1.165) is 30.8 Å². The van der Waals surface area contributed by atoms with Crippen molar-refractivity contribution in [1.82, 2.24) is 15.6 Å². The first-order valence-corrected chi connectivity index (χ1v) is 6.28. The molecule has 0 spiro atoms. The molecule has 2 amide bonds. The van der Waals surface area contributed by atoms with Crippen molar-refractivity contribution >= 4 is 11.8 Å². The van der Waals surface area contributed by atoms with Gasteiger partial charge in [-0.15, -0.1) is 0 Å². The summed E-state index contributed by atoms with van der Waals surface area (Å²) in [7, 11) is 3.88. The van der Waals surface area contributed by atoms with E-state index in [1.165, 1.54) is 0 Å². The van der Waals surface area contributed by atoms with Gasteiger partial charge in [-0.3, -0.25) is 0 Å². The molecule has 0 aliphatic rings. The Hall–Kier alpha value is -1.78. The van der Waals surface area contributed by atoms with Crippen LogP contribution in [0.4, 0.5) is 10.6 Å². The van der Waals surface area contributed by atoms with Gasteiger partial charge >= 0.3 is 6.03 Å². The Morgan fingerprint density at radius 3 is 2.83 bits per heavy atom. The fourth-order valence-corrected chi connectivity index (χ4v) is 1.59. The fourth-order valence-electron chi connectivity index (χ4n) is 1.59. The van der Waals surface area contributed by atoms with E-state index in [2.05, 4.69) is 22.5 Å². The van der Waals surface area contributed by atoms with Gasteiger partial charge in [-0.1, -0.05) is 19.4 Å². The summed E-state index contributed by atoms with van der Waals surface area (Å²) in [6.45, 7) is 3.30. The van der Waals surface area contributed by atoms with Crippen LogP contribution in [-0.2, 0) is 6.54 Å². The second kappa shape index (κ2) is 7.53. The smallest absolute Gasteiger partial charge is 0.315 e. The van der Waals surface area contributed by atoms with Crippen LogP contribution in [0.1, 0.15) is 25.3 Å². The molecule has 5 nitrogen and oxygen atoms in total. The van der Waals surface area contributed by atoms with E-state index in [9.17, 15) is 4.79 Å². The normalized spacial score (nSPS) is 9.94. The first-order chi connectivity index (χ1) is 8.65. The minimum absolute atomic E-state index is 0.128. The van der Waals surface area contributed by atoms with Crippen molar-refractivity contribution in [3.05, 3.63) is 23.9 Å². The Kier molecular flexibility index (Phi) is 5.97. The predicted molar refractivity (Wildman–Crippen MR) is 73.7 cm³/mol. The second-order valence-electron chi connectivity index (χ2n) is 4.34. The summed E-state index contributed by atoms with van der Waals surface area (Å²) in [5, 5.41) is 5.65. The molecule has 1 rings (SSSR count). The second-order valence-corrected chi connectivity index (χ2v) is 4.34. The van der Waals surface area contributed by atoms with Crippen molar-refractivity contribution in [2.75, 3.05) is 25.5 Å². The van der Waals surface area contributed by atoms with Gasteiger partial charge in [-0.2, -0.15) is 0 Å². The lowest BCUT2D eigenvalue weighted by molar-refractivity contribution is 0.240. The molecule has 100 valence electrons. The molecule has 0 unspecified atom stereocenters. The number of carbonyl (C=O) groups is 1. The quantitative estimate of drug-likeness (QED) is 0.756. The third kappa shape index (κ3) is 4.61. The molecule has 18 heavy (non-hydrogen) atoms. The highest BCUT2D eigenvalue weighted by Gasteiger charge is 2.06. The number of nitrogens with zero attached hydrogens (tertiary/aromatic N) is 2. The van der Waals surface area contributed by atoms with Crippen LogP contribution >= 0.6 is 0 Å². The number of anilines is 1. The zero-order valence-electron chi connectivity index (χ0n) is 11.4. The lowest BCUT2D eigenvalue weighted by Crippen LogP contribution is -2.35. The Labute approximate surface area is 109 Å². The highest BCUT2D eigenvalue weighted by Crippen LogP contribution is 2.13. The molecule has 1 heterocycles. The maximum atomic E-state index is 11.5. The monoisotopic (exact) mass is 250 g/mol. The van der Waals surface area contributed by atoms with Gasteiger partial charge in [-0.05, 0) is 12.5 Å². The zero-order chi connectivity index (χ0) is 13.4. The summed E-state index contributed by atoms with van der Waals surface area (Å²) < 4.78 is 0. The van der Waals surface area contributed by atoms with Gasteiger partial charge in [0.2, 0.25) is 0 Å². The number of pyridine rings is 1. The maximum absolute atomic E-state index is 11.5. The average molecular weight is 250 g/mol. The number of rotatable bonds is 6. The lowest BCUT2D eigenvalue weighted by atomic mass is 10.2. The molecule has 1 aromatic rings. The number of urea groups is 1. The van der Waals surface area contributed by atoms with Crippen molar-refractivity contribution in [3.8, 4) is 0 Å². The summed E-state index contributed by atoms with van der Waals surface area (Å²) >= 11 is 0. The van der Waals surface area contributed by atoms with Gasteiger partial charge in [0.15, 0.2) is 0 Å². The van der Waals surface area contributed by atoms with E-state index in [4.69, 9.17) is 0 Å². The summed E-state index contributed by atoms with van der Waals surface area (Å²) in [6.07, 6.45) is 3.83. The molecule has 0 aliphatic carbocycles. The van der Waals surface area contributed by atoms with Gasteiger partial charge in [0.25, 0.3) is 0 Å². The zero-order valence-corrected chi connectivity index (χ0v) is 11.4. The average Bonchev–Trinajstić information content (AvgIpc) is 2.37. The summed E-state index contributed by atoms with van der Waals surface area (Å²) in [5.41, 5.74) is 1.01. The van der Waals surface area contributed by atoms with Crippen molar-refractivity contribution in [2.45, 2.75) is 26.3 Å². The number of hydrogen-bond donors (Lipinski definition) is 2. The maximum Gasteiger partial charge on any atom is 0.315 e. The van der Waals surface area contributed by atoms with Crippen LogP contribution < -0.4 is 15.5 Å². The highest BCUT2D eigenvalue weighted by molar-refractivity contribution is 5.74. The minimum atomic E-state index is -0.128. The SMILES string of the molecule is CCCCNC(=O)NCc1cccnc1N(C)C. The standard InChI is InChI=1S/C13H22N4O/c1-4-5-8-15-13(18)16-10-11-7-6-9-14-12(11)17(2)3/h6-7,9H,4-5,8,10H2,1-3H3,(H2,15,16,18). The largest absolute Gasteiger partial charge is 0.362 e. The molecular formula is C13H22N4O. The van der Waals surface area contributed by atoms with Crippen molar-refractivity contribution in [3.63, 3.8) is 0 Å².